The maximum atomic E-state index is 12.5. The van der Waals surface area contributed by atoms with E-state index in [0.717, 1.165) is 37.3 Å². The summed E-state index contributed by atoms with van der Waals surface area (Å²) in [5.41, 5.74) is 1.94. The van der Waals surface area contributed by atoms with E-state index in [2.05, 4.69) is 17.3 Å². The lowest BCUT2D eigenvalue weighted by Crippen LogP contribution is -2.36. The van der Waals surface area contributed by atoms with Crippen molar-refractivity contribution < 1.29 is 14.1 Å². The summed E-state index contributed by atoms with van der Waals surface area (Å²) in [7, 11) is 1.66. The van der Waals surface area contributed by atoms with E-state index in [-0.39, 0.29) is 11.9 Å². The molecule has 1 aliphatic rings. The summed E-state index contributed by atoms with van der Waals surface area (Å²) in [4.78, 5) is 14.4. The Bertz CT molecular complexity index is 648. The van der Waals surface area contributed by atoms with Crippen molar-refractivity contribution >= 4 is 5.91 Å². The number of nitrogens with zero attached hydrogens (tertiary/aromatic N) is 2. The molecule has 5 heteroatoms. The summed E-state index contributed by atoms with van der Waals surface area (Å²) < 4.78 is 10.3. The number of rotatable bonds is 4. The Kier molecular flexibility index (Phi) is 4.13. The fourth-order valence-electron chi connectivity index (χ4n) is 2.95. The van der Waals surface area contributed by atoms with Crippen LogP contribution in [0.15, 0.2) is 34.9 Å². The predicted molar refractivity (Wildman–Crippen MR) is 82.0 cm³/mol. The number of amides is 1. The number of methoxy groups -OCH3 is 1. The third-order valence-corrected chi connectivity index (χ3v) is 4.11. The topological polar surface area (TPSA) is 55.6 Å². The highest BCUT2D eigenvalue weighted by Gasteiger charge is 2.31. The number of ether oxygens (including phenoxy) is 1. The van der Waals surface area contributed by atoms with E-state index in [1.165, 1.54) is 5.56 Å². The highest BCUT2D eigenvalue weighted by atomic mass is 16.5. The normalized spacial score (nSPS) is 17.7. The molecule has 5 nitrogen and oxygen atoms in total. The molecule has 1 fully saturated rings. The Balaban J connectivity index is 1.71. The molecule has 2 heterocycles. The van der Waals surface area contributed by atoms with Crippen molar-refractivity contribution in [2.75, 3.05) is 13.7 Å². The SMILES string of the molecule is COc1ccc(C[C@H]2CCCN2C(=O)c2cc(C)no2)cc1. The second kappa shape index (κ2) is 6.22. The lowest BCUT2D eigenvalue weighted by molar-refractivity contribution is 0.0694. The molecule has 22 heavy (non-hydrogen) atoms. The molecule has 0 saturated carbocycles. The van der Waals surface area contributed by atoms with Crippen LogP contribution < -0.4 is 4.74 Å². The summed E-state index contributed by atoms with van der Waals surface area (Å²) in [6.07, 6.45) is 2.90. The molecule has 0 unspecified atom stereocenters. The van der Waals surface area contributed by atoms with Gasteiger partial charge in [0.2, 0.25) is 5.76 Å². The Hall–Kier alpha value is -2.30. The van der Waals surface area contributed by atoms with Gasteiger partial charge in [-0.25, -0.2) is 0 Å². The maximum absolute atomic E-state index is 12.5. The van der Waals surface area contributed by atoms with Crippen LogP contribution in [0.25, 0.3) is 0 Å². The first-order valence-electron chi connectivity index (χ1n) is 7.54. The van der Waals surface area contributed by atoms with Gasteiger partial charge < -0.3 is 14.2 Å². The van der Waals surface area contributed by atoms with Crippen LogP contribution in [0, 0.1) is 6.92 Å². The van der Waals surface area contributed by atoms with Crippen molar-refractivity contribution in [2.24, 2.45) is 0 Å². The van der Waals surface area contributed by atoms with Gasteiger partial charge in [-0.05, 0) is 43.9 Å². The maximum Gasteiger partial charge on any atom is 0.292 e. The number of carbonyl (C=O) groups is 1. The molecule has 1 saturated heterocycles. The fraction of sp³-hybridized carbons (Fsp3) is 0.412. The van der Waals surface area contributed by atoms with Gasteiger partial charge in [0.15, 0.2) is 0 Å². The van der Waals surface area contributed by atoms with Gasteiger partial charge in [0.05, 0.1) is 12.8 Å². The monoisotopic (exact) mass is 300 g/mol. The minimum atomic E-state index is -0.0587. The van der Waals surface area contributed by atoms with E-state index >= 15 is 0 Å². The second-order valence-electron chi connectivity index (χ2n) is 5.68. The predicted octanol–water partition coefficient (Wildman–Crippen LogP) is 2.84. The average Bonchev–Trinajstić information content (AvgIpc) is 3.16. The second-order valence-corrected chi connectivity index (χ2v) is 5.68. The molecular formula is C17H20N2O3. The first-order chi connectivity index (χ1) is 10.7. The molecule has 0 bridgehead atoms. The van der Waals surface area contributed by atoms with E-state index < -0.39 is 0 Å². The van der Waals surface area contributed by atoms with Crippen LogP contribution in [0.1, 0.15) is 34.7 Å². The van der Waals surface area contributed by atoms with Crippen LogP contribution in [0.2, 0.25) is 0 Å². The minimum Gasteiger partial charge on any atom is -0.497 e. The number of aryl methyl sites for hydroxylation is 1. The molecule has 0 N–H and O–H groups in total. The molecule has 2 aromatic rings. The van der Waals surface area contributed by atoms with E-state index in [1.54, 1.807) is 13.2 Å². The molecule has 1 atom stereocenters. The summed E-state index contributed by atoms with van der Waals surface area (Å²) in [5, 5.41) is 3.80. The minimum absolute atomic E-state index is 0.0587. The molecule has 0 spiro atoms. The first-order valence-corrected chi connectivity index (χ1v) is 7.54. The number of aromatic nitrogens is 1. The van der Waals surface area contributed by atoms with Gasteiger partial charge in [0.1, 0.15) is 5.75 Å². The molecular weight excluding hydrogens is 280 g/mol. The molecule has 1 amide bonds. The van der Waals surface area contributed by atoms with Crippen LogP contribution in [0.4, 0.5) is 0 Å². The molecule has 1 aliphatic heterocycles. The fourth-order valence-corrected chi connectivity index (χ4v) is 2.95. The van der Waals surface area contributed by atoms with Gasteiger partial charge in [-0.2, -0.15) is 0 Å². The Morgan fingerprint density at radius 1 is 1.41 bits per heavy atom. The van der Waals surface area contributed by atoms with Crippen LogP contribution in [0.3, 0.4) is 0 Å². The number of likely N-dealkylation sites (tertiary alicyclic amines) is 1. The van der Waals surface area contributed by atoms with E-state index in [9.17, 15) is 4.79 Å². The largest absolute Gasteiger partial charge is 0.497 e. The third kappa shape index (κ3) is 2.98. The summed E-state index contributed by atoms with van der Waals surface area (Å²) in [6, 6.07) is 9.93. The van der Waals surface area contributed by atoms with E-state index in [4.69, 9.17) is 9.26 Å². The van der Waals surface area contributed by atoms with Crippen molar-refractivity contribution in [2.45, 2.75) is 32.2 Å². The smallest absolute Gasteiger partial charge is 0.292 e. The Labute approximate surface area is 129 Å². The van der Waals surface area contributed by atoms with Crippen molar-refractivity contribution in [3.05, 3.63) is 47.3 Å². The van der Waals surface area contributed by atoms with Crippen LogP contribution in [-0.2, 0) is 6.42 Å². The standard InChI is InChI=1S/C17H20N2O3/c1-12-10-16(22-18-12)17(20)19-9-3-4-14(19)11-13-5-7-15(21-2)8-6-13/h5-8,10,14H,3-4,9,11H2,1-2H3/t14-/m1/s1. The van der Waals surface area contributed by atoms with Crippen LogP contribution >= 0.6 is 0 Å². The van der Waals surface area contributed by atoms with Crippen LogP contribution in [0.5, 0.6) is 5.75 Å². The first kappa shape index (κ1) is 14.6. The van der Waals surface area contributed by atoms with Gasteiger partial charge in [-0.1, -0.05) is 17.3 Å². The highest BCUT2D eigenvalue weighted by Crippen LogP contribution is 2.24. The van der Waals surface area contributed by atoms with Gasteiger partial charge in [-0.3, -0.25) is 4.79 Å². The Morgan fingerprint density at radius 2 is 2.18 bits per heavy atom. The molecule has 0 aliphatic carbocycles. The summed E-state index contributed by atoms with van der Waals surface area (Å²) >= 11 is 0. The van der Waals surface area contributed by atoms with Gasteiger partial charge in [0.25, 0.3) is 5.91 Å². The number of carbonyl (C=O) groups excluding carboxylic acids is 1. The van der Waals surface area contributed by atoms with E-state index in [1.807, 2.05) is 24.0 Å². The Morgan fingerprint density at radius 3 is 2.82 bits per heavy atom. The molecule has 1 aromatic carbocycles. The van der Waals surface area contributed by atoms with Crippen molar-refractivity contribution in [1.29, 1.82) is 0 Å². The van der Waals surface area contributed by atoms with Crippen molar-refractivity contribution in [1.82, 2.24) is 10.1 Å². The van der Waals surface area contributed by atoms with Crippen molar-refractivity contribution in [3.8, 4) is 5.75 Å². The van der Waals surface area contributed by atoms with E-state index in [0.29, 0.717) is 5.76 Å². The number of benzene rings is 1. The van der Waals surface area contributed by atoms with Gasteiger partial charge in [0, 0.05) is 18.7 Å². The molecule has 1 aromatic heterocycles. The quantitative estimate of drug-likeness (QED) is 0.871. The summed E-state index contributed by atoms with van der Waals surface area (Å²) in [6.45, 7) is 2.60. The van der Waals surface area contributed by atoms with Crippen LogP contribution in [-0.4, -0.2) is 35.7 Å². The van der Waals surface area contributed by atoms with Gasteiger partial charge >= 0.3 is 0 Å². The average molecular weight is 300 g/mol. The third-order valence-electron chi connectivity index (χ3n) is 4.11. The molecule has 116 valence electrons. The highest BCUT2D eigenvalue weighted by molar-refractivity contribution is 5.91. The van der Waals surface area contributed by atoms with Crippen molar-refractivity contribution in [3.63, 3.8) is 0 Å². The zero-order chi connectivity index (χ0) is 15.5. The zero-order valence-electron chi connectivity index (χ0n) is 12.9. The lowest BCUT2D eigenvalue weighted by Gasteiger charge is -2.23. The molecule has 3 rings (SSSR count). The summed E-state index contributed by atoms with van der Waals surface area (Å²) in [5.74, 6) is 1.12. The van der Waals surface area contributed by atoms with Gasteiger partial charge in [-0.15, -0.1) is 0 Å². The molecule has 0 radical (unpaired) electrons. The number of hydrogen-bond donors (Lipinski definition) is 0. The lowest BCUT2D eigenvalue weighted by atomic mass is 10.0. The number of hydrogen-bond acceptors (Lipinski definition) is 4. The zero-order valence-corrected chi connectivity index (χ0v) is 12.9.